The highest BCUT2D eigenvalue weighted by molar-refractivity contribution is 7.99. The molecule has 0 fully saturated rings. The van der Waals surface area contributed by atoms with E-state index in [0.29, 0.717) is 27.3 Å². The summed E-state index contributed by atoms with van der Waals surface area (Å²) in [6.45, 7) is 7.91. The van der Waals surface area contributed by atoms with E-state index in [-0.39, 0.29) is 29.3 Å². The Morgan fingerprint density at radius 3 is 2.31 bits per heavy atom. The lowest BCUT2D eigenvalue weighted by molar-refractivity contribution is -0.131. The first-order valence-electron chi connectivity index (χ1n) is 10.4. The first kappa shape index (κ1) is 23.5. The number of rotatable bonds is 7. The van der Waals surface area contributed by atoms with Crippen LogP contribution in [0.1, 0.15) is 38.1 Å². The number of hydrogen-bond donors (Lipinski definition) is 0. The molecule has 32 heavy (non-hydrogen) atoms. The largest absolute Gasteiger partial charge is 0.465 e. The molecule has 3 rings (SSSR count). The van der Waals surface area contributed by atoms with Crippen LogP contribution in [0.4, 0.5) is 0 Å². The molecule has 1 heterocycles. The van der Waals surface area contributed by atoms with E-state index in [1.165, 1.54) is 29.5 Å². The lowest BCUT2D eigenvalue weighted by Crippen LogP contribution is -2.43. The summed E-state index contributed by atoms with van der Waals surface area (Å²) in [5.41, 5.74) is 1.08. The molecule has 0 aliphatic rings. The van der Waals surface area contributed by atoms with Gasteiger partial charge in [-0.25, -0.2) is 9.78 Å². The van der Waals surface area contributed by atoms with E-state index in [2.05, 4.69) is 4.98 Å². The summed E-state index contributed by atoms with van der Waals surface area (Å²) in [7, 11) is 1.30. The monoisotopic (exact) mass is 453 g/mol. The van der Waals surface area contributed by atoms with Gasteiger partial charge in [-0.2, -0.15) is 0 Å². The summed E-state index contributed by atoms with van der Waals surface area (Å²) in [5.74, 6) is -0.398. The molecular formula is C24H27N3O4S. The number of amides is 1. The lowest BCUT2D eigenvalue weighted by atomic mass is 10.1. The van der Waals surface area contributed by atoms with Crippen LogP contribution in [0, 0.1) is 0 Å². The topological polar surface area (TPSA) is 81.5 Å². The van der Waals surface area contributed by atoms with Gasteiger partial charge >= 0.3 is 5.97 Å². The fraction of sp³-hybridized carbons (Fsp3) is 0.333. The van der Waals surface area contributed by atoms with E-state index in [1.807, 2.05) is 62.9 Å². The van der Waals surface area contributed by atoms with Crippen LogP contribution in [0.3, 0.4) is 0 Å². The molecular weight excluding hydrogens is 426 g/mol. The number of benzene rings is 2. The minimum absolute atomic E-state index is 0.0303. The van der Waals surface area contributed by atoms with Crippen molar-refractivity contribution in [3.05, 3.63) is 64.4 Å². The van der Waals surface area contributed by atoms with Crippen molar-refractivity contribution in [2.75, 3.05) is 12.9 Å². The molecule has 0 spiro atoms. The summed E-state index contributed by atoms with van der Waals surface area (Å²) in [4.78, 5) is 44.7. The molecule has 1 amide bonds. The van der Waals surface area contributed by atoms with E-state index in [9.17, 15) is 14.4 Å². The van der Waals surface area contributed by atoms with Crippen molar-refractivity contribution in [1.82, 2.24) is 14.5 Å². The second-order valence-electron chi connectivity index (χ2n) is 7.87. The van der Waals surface area contributed by atoms with Crippen molar-refractivity contribution in [2.45, 2.75) is 44.9 Å². The van der Waals surface area contributed by atoms with Crippen LogP contribution in [0.25, 0.3) is 16.6 Å². The molecule has 0 bridgehead atoms. The van der Waals surface area contributed by atoms with Crippen molar-refractivity contribution in [2.24, 2.45) is 0 Å². The molecule has 0 saturated carbocycles. The van der Waals surface area contributed by atoms with Crippen molar-refractivity contribution in [3.8, 4) is 5.69 Å². The third-order valence-corrected chi connectivity index (χ3v) is 5.92. The third-order valence-electron chi connectivity index (χ3n) is 5.00. The predicted molar refractivity (Wildman–Crippen MR) is 127 cm³/mol. The Labute approximate surface area is 191 Å². The summed E-state index contributed by atoms with van der Waals surface area (Å²) >= 11 is 1.21. The number of thioether (sulfide) groups is 1. The van der Waals surface area contributed by atoms with Gasteiger partial charge in [-0.3, -0.25) is 14.2 Å². The maximum Gasteiger partial charge on any atom is 0.337 e. The van der Waals surface area contributed by atoms with E-state index in [4.69, 9.17) is 4.74 Å². The maximum atomic E-state index is 13.4. The highest BCUT2D eigenvalue weighted by Crippen LogP contribution is 2.23. The first-order valence-corrected chi connectivity index (χ1v) is 11.4. The molecule has 0 aliphatic heterocycles. The van der Waals surface area contributed by atoms with Crippen LogP contribution in [-0.2, 0) is 9.53 Å². The normalized spacial score (nSPS) is 11.2. The second-order valence-corrected chi connectivity index (χ2v) is 8.81. The number of carbonyl (C=O) groups excluding carboxylic acids is 2. The summed E-state index contributed by atoms with van der Waals surface area (Å²) in [6, 6.07) is 14.0. The Kier molecular flexibility index (Phi) is 7.35. The van der Waals surface area contributed by atoms with Crippen LogP contribution in [-0.4, -0.2) is 51.3 Å². The van der Waals surface area contributed by atoms with Gasteiger partial charge in [0.1, 0.15) is 0 Å². The van der Waals surface area contributed by atoms with Crippen molar-refractivity contribution >= 4 is 34.5 Å². The average Bonchev–Trinajstić information content (AvgIpc) is 2.76. The fourth-order valence-corrected chi connectivity index (χ4v) is 4.57. The van der Waals surface area contributed by atoms with E-state index in [1.54, 1.807) is 12.1 Å². The Hall–Kier alpha value is -3.13. The number of fused-ring (bicyclic) bond motifs is 1. The molecule has 0 radical (unpaired) electrons. The standard InChI is InChI=1S/C24H27N3O4S/c1-15(2)26(16(3)4)21(28)14-32-24-25-20-13-17(23(30)31-5)11-12-19(20)22(29)27(24)18-9-7-6-8-10-18/h6-13,15-16H,14H2,1-5H3. The Bertz CT molecular complexity index is 1180. The Morgan fingerprint density at radius 2 is 1.72 bits per heavy atom. The number of para-hydroxylation sites is 1. The van der Waals surface area contributed by atoms with Crippen LogP contribution in [0.2, 0.25) is 0 Å². The zero-order valence-electron chi connectivity index (χ0n) is 18.9. The number of nitrogens with zero attached hydrogens (tertiary/aromatic N) is 3. The van der Waals surface area contributed by atoms with Crippen LogP contribution in [0.5, 0.6) is 0 Å². The minimum atomic E-state index is -0.505. The van der Waals surface area contributed by atoms with Gasteiger partial charge in [-0.15, -0.1) is 0 Å². The van der Waals surface area contributed by atoms with Crippen LogP contribution < -0.4 is 5.56 Å². The second kappa shape index (κ2) is 9.99. The lowest BCUT2D eigenvalue weighted by Gasteiger charge is -2.30. The first-order chi connectivity index (χ1) is 15.2. The minimum Gasteiger partial charge on any atom is -0.465 e. The number of aromatic nitrogens is 2. The highest BCUT2D eigenvalue weighted by atomic mass is 32.2. The van der Waals surface area contributed by atoms with Gasteiger partial charge in [0.05, 0.1) is 35.0 Å². The van der Waals surface area contributed by atoms with Crippen LogP contribution in [0.15, 0.2) is 58.5 Å². The van der Waals surface area contributed by atoms with Gasteiger partial charge in [0.15, 0.2) is 5.16 Å². The molecule has 0 N–H and O–H groups in total. The summed E-state index contributed by atoms with van der Waals surface area (Å²) < 4.78 is 6.29. The fourth-order valence-electron chi connectivity index (χ4n) is 3.68. The summed E-state index contributed by atoms with van der Waals surface area (Å²) in [6.07, 6.45) is 0. The van der Waals surface area contributed by atoms with Crippen molar-refractivity contribution < 1.29 is 14.3 Å². The van der Waals surface area contributed by atoms with Gasteiger partial charge in [0, 0.05) is 12.1 Å². The number of ether oxygens (including phenoxy) is 1. The van der Waals surface area contributed by atoms with Gasteiger partial charge in [0.25, 0.3) is 5.56 Å². The van der Waals surface area contributed by atoms with E-state index >= 15 is 0 Å². The molecule has 7 nitrogen and oxygen atoms in total. The predicted octanol–water partition coefficient (Wildman–Crippen LogP) is 3.91. The molecule has 8 heteroatoms. The summed E-state index contributed by atoms with van der Waals surface area (Å²) in [5, 5.41) is 0.764. The maximum absolute atomic E-state index is 13.4. The van der Waals surface area contributed by atoms with Gasteiger partial charge in [0.2, 0.25) is 5.91 Å². The third kappa shape index (κ3) is 4.85. The molecule has 3 aromatic rings. The van der Waals surface area contributed by atoms with E-state index < -0.39 is 5.97 Å². The van der Waals surface area contributed by atoms with Crippen molar-refractivity contribution in [3.63, 3.8) is 0 Å². The number of methoxy groups -OCH3 is 1. The number of esters is 1. The van der Waals surface area contributed by atoms with Crippen LogP contribution >= 0.6 is 11.8 Å². The number of carbonyl (C=O) groups is 2. The smallest absolute Gasteiger partial charge is 0.337 e. The Morgan fingerprint density at radius 1 is 1.06 bits per heavy atom. The van der Waals surface area contributed by atoms with Crippen molar-refractivity contribution in [1.29, 1.82) is 0 Å². The zero-order valence-corrected chi connectivity index (χ0v) is 19.7. The average molecular weight is 454 g/mol. The molecule has 0 saturated heterocycles. The number of hydrogen-bond acceptors (Lipinski definition) is 6. The highest BCUT2D eigenvalue weighted by Gasteiger charge is 2.22. The molecule has 0 atom stereocenters. The molecule has 1 aromatic heterocycles. The Balaban J connectivity index is 2.10. The quantitative estimate of drug-likeness (QED) is 0.307. The molecule has 0 unspecified atom stereocenters. The molecule has 168 valence electrons. The van der Waals surface area contributed by atoms with Gasteiger partial charge in [-0.1, -0.05) is 30.0 Å². The van der Waals surface area contributed by atoms with E-state index in [0.717, 1.165) is 0 Å². The molecule has 0 aliphatic carbocycles. The SMILES string of the molecule is COC(=O)c1ccc2c(=O)n(-c3ccccc3)c(SCC(=O)N(C(C)C)C(C)C)nc2c1. The van der Waals surface area contributed by atoms with Gasteiger partial charge in [-0.05, 0) is 58.0 Å². The molecule has 2 aromatic carbocycles. The van der Waals surface area contributed by atoms with Gasteiger partial charge < -0.3 is 9.64 Å². The zero-order chi connectivity index (χ0) is 23.4.